The summed E-state index contributed by atoms with van der Waals surface area (Å²) in [6.45, 7) is 2.72. The summed E-state index contributed by atoms with van der Waals surface area (Å²) in [7, 11) is 0. The van der Waals surface area contributed by atoms with Crippen molar-refractivity contribution in [1.82, 2.24) is 9.78 Å². The van der Waals surface area contributed by atoms with Gasteiger partial charge in [0.2, 0.25) is 0 Å². The zero-order chi connectivity index (χ0) is 20.5. The lowest BCUT2D eigenvalue weighted by atomic mass is 10.2. The first-order valence-corrected chi connectivity index (χ1v) is 9.42. The molecule has 0 saturated carbocycles. The van der Waals surface area contributed by atoms with Crippen molar-refractivity contribution < 1.29 is 14.3 Å². The second kappa shape index (κ2) is 10.0. The van der Waals surface area contributed by atoms with Crippen LogP contribution in [0.15, 0.2) is 79.1 Å². The number of aromatic nitrogens is 2. The molecule has 0 aliphatic carbocycles. The monoisotopic (exact) mass is 389 g/mol. The molecule has 6 nitrogen and oxygen atoms in total. The number of ether oxygens (including phenoxy) is 1. The molecule has 2 aromatic carbocycles. The highest BCUT2D eigenvalue weighted by molar-refractivity contribution is 5.96. The number of para-hydroxylation sites is 1. The molecule has 1 heterocycles. The van der Waals surface area contributed by atoms with Gasteiger partial charge in [0.25, 0.3) is 5.91 Å². The Morgan fingerprint density at radius 2 is 1.76 bits per heavy atom. The molecule has 0 fully saturated rings. The van der Waals surface area contributed by atoms with Gasteiger partial charge in [-0.15, -0.1) is 0 Å². The van der Waals surface area contributed by atoms with Gasteiger partial charge >= 0.3 is 5.97 Å². The van der Waals surface area contributed by atoms with Gasteiger partial charge in [-0.2, -0.15) is 5.10 Å². The van der Waals surface area contributed by atoms with Gasteiger partial charge in [0.05, 0.1) is 12.7 Å². The number of nitrogens with zero attached hydrogens (tertiary/aromatic N) is 3. The molecule has 0 aliphatic heterocycles. The van der Waals surface area contributed by atoms with Crippen LogP contribution in [-0.2, 0) is 20.9 Å². The molecule has 3 rings (SSSR count). The van der Waals surface area contributed by atoms with Crippen LogP contribution >= 0.6 is 0 Å². The predicted molar refractivity (Wildman–Crippen MR) is 112 cm³/mol. The van der Waals surface area contributed by atoms with Gasteiger partial charge in [0, 0.05) is 30.1 Å². The highest BCUT2D eigenvalue weighted by Crippen LogP contribution is 2.13. The van der Waals surface area contributed by atoms with Crippen molar-refractivity contribution in [3.05, 3.63) is 90.3 Å². The van der Waals surface area contributed by atoms with E-state index in [4.69, 9.17) is 4.74 Å². The Hall–Kier alpha value is -3.67. The fraction of sp³-hybridized carbons (Fsp3) is 0.174. The Morgan fingerprint density at radius 1 is 1.07 bits per heavy atom. The second-order valence-corrected chi connectivity index (χ2v) is 6.37. The number of carbonyl (C=O) groups is 2. The smallest absolute Gasteiger partial charge is 0.331 e. The first kappa shape index (κ1) is 20.1. The lowest BCUT2D eigenvalue weighted by Gasteiger charge is -2.20. The maximum atomic E-state index is 12.3. The number of hydrogen-bond donors (Lipinski definition) is 0. The van der Waals surface area contributed by atoms with E-state index < -0.39 is 5.97 Å². The molecule has 0 saturated heterocycles. The number of anilines is 1. The van der Waals surface area contributed by atoms with E-state index in [9.17, 15) is 9.59 Å². The average Bonchev–Trinajstić information content (AvgIpc) is 3.20. The van der Waals surface area contributed by atoms with E-state index in [2.05, 4.69) is 5.10 Å². The Bertz CT molecular complexity index is 965. The minimum atomic E-state index is -0.571. The van der Waals surface area contributed by atoms with Crippen molar-refractivity contribution in [2.24, 2.45) is 0 Å². The summed E-state index contributed by atoms with van der Waals surface area (Å²) in [6, 6.07) is 19.3. The summed E-state index contributed by atoms with van der Waals surface area (Å²) in [5.41, 5.74) is 2.70. The van der Waals surface area contributed by atoms with Crippen LogP contribution in [0.5, 0.6) is 0 Å². The predicted octanol–water partition coefficient (Wildman–Crippen LogP) is 3.54. The van der Waals surface area contributed by atoms with Gasteiger partial charge in [-0.1, -0.05) is 48.5 Å². The van der Waals surface area contributed by atoms with E-state index >= 15 is 0 Å². The molecule has 0 N–H and O–H groups in total. The molecule has 0 bridgehead atoms. The molecule has 3 aromatic rings. The number of carbonyl (C=O) groups excluding carboxylic acids is 2. The lowest BCUT2D eigenvalue weighted by Crippen LogP contribution is -2.34. The number of hydrogen-bond acceptors (Lipinski definition) is 4. The van der Waals surface area contributed by atoms with Gasteiger partial charge < -0.3 is 9.64 Å². The summed E-state index contributed by atoms with van der Waals surface area (Å²) in [4.78, 5) is 25.9. The Morgan fingerprint density at radius 3 is 2.45 bits per heavy atom. The third kappa shape index (κ3) is 5.90. The van der Waals surface area contributed by atoms with Crippen LogP contribution in [0.1, 0.15) is 18.1 Å². The molecule has 0 unspecified atom stereocenters. The molecule has 1 aromatic heterocycles. The van der Waals surface area contributed by atoms with Crippen molar-refractivity contribution >= 4 is 23.6 Å². The van der Waals surface area contributed by atoms with E-state index in [0.717, 1.165) is 16.8 Å². The topological polar surface area (TPSA) is 64.4 Å². The van der Waals surface area contributed by atoms with E-state index in [1.54, 1.807) is 21.9 Å². The average molecular weight is 389 g/mol. The van der Waals surface area contributed by atoms with Crippen LogP contribution in [0.2, 0.25) is 0 Å². The maximum absolute atomic E-state index is 12.3. The van der Waals surface area contributed by atoms with Gasteiger partial charge in [-0.25, -0.2) is 4.79 Å². The SMILES string of the molecule is CCN(C(=O)COC(=O)/C=C/c1cnn(Cc2ccccc2)c1)c1ccccc1. The van der Waals surface area contributed by atoms with Crippen molar-refractivity contribution in [2.75, 3.05) is 18.1 Å². The molecule has 0 radical (unpaired) electrons. The Labute approximate surface area is 170 Å². The van der Waals surface area contributed by atoms with Crippen LogP contribution in [-0.4, -0.2) is 34.8 Å². The molecular weight excluding hydrogens is 366 g/mol. The number of amides is 1. The van der Waals surface area contributed by atoms with Crippen molar-refractivity contribution in [3.8, 4) is 0 Å². The van der Waals surface area contributed by atoms with Gasteiger partial charge in [-0.05, 0) is 30.7 Å². The first-order valence-electron chi connectivity index (χ1n) is 9.42. The number of benzene rings is 2. The largest absolute Gasteiger partial charge is 0.452 e. The summed E-state index contributed by atoms with van der Waals surface area (Å²) < 4.78 is 6.88. The normalized spacial score (nSPS) is 10.8. The summed E-state index contributed by atoms with van der Waals surface area (Å²) in [6.07, 6.45) is 6.44. The number of rotatable bonds is 8. The van der Waals surface area contributed by atoms with Crippen LogP contribution < -0.4 is 4.90 Å². The highest BCUT2D eigenvalue weighted by atomic mass is 16.5. The summed E-state index contributed by atoms with van der Waals surface area (Å²) in [5.74, 6) is -0.839. The Kier molecular flexibility index (Phi) is 6.95. The number of esters is 1. The third-order valence-corrected chi connectivity index (χ3v) is 4.28. The summed E-state index contributed by atoms with van der Waals surface area (Å²) >= 11 is 0. The standard InChI is InChI=1S/C23H23N3O3/c1-2-26(21-11-7-4-8-12-21)22(27)18-29-23(28)14-13-20-15-24-25(17-20)16-19-9-5-3-6-10-19/h3-15,17H,2,16,18H2,1H3/b14-13+. The molecule has 148 valence electrons. The minimum absolute atomic E-state index is 0.267. The van der Waals surface area contributed by atoms with E-state index in [1.807, 2.05) is 73.8 Å². The molecule has 0 aliphatic rings. The van der Waals surface area contributed by atoms with Crippen LogP contribution in [0, 0.1) is 0 Å². The molecular formula is C23H23N3O3. The molecule has 0 atom stereocenters. The fourth-order valence-corrected chi connectivity index (χ4v) is 2.86. The zero-order valence-corrected chi connectivity index (χ0v) is 16.3. The van der Waals surface area contributed by atoms with Gasteiger partial charge in [-0.3, -0.25) is 9.48 Å². The van der Waals surface area contributed by atoms with Gasteiger partial charge in [0.15, 0.2) is 6.61 Å². The van der Waals surface area contributed by atoms with Gasteiger partial charge in [0.1, 0.15) is 0 Å². The van der Waals surface area contributed by atoms with Crippen molar-refractivity contribution in [3.63, 3.8) is 0 Å². The van der Waals surface area contributed by atoms with E-state index in [1.165, 1.54) is 6.08 Å². The summed E-state index contributed by atoms with van der Waals surface area (Å²) in [5, 5.41) is 4.28. The third-order valence-electron chi connectivity index (χ3n) is 4.28. The highest BCUT2D eigenvalue weighted by Gasteiger charge is 2.15. The van der Waals surface area contributed by atoms with Crippen LogP contribution in [0.4, 0.5) is 5.69 Å². The lowest BCUT2D eigenvalue weighted by molar-refractivity contribution is -0.142. The first-order chi connectivity index (χ1) is 14.2. The Balaban J connectivity index is 1.50. The number of likely N-dealkylation sites (N-methyl/N-ethyl adjacent to an activating group) is 1. The quantitative estimate of drug-likeness (QED) is 0.437. The van der Waals surface area contributed by atoms with E-state index in [-0.39, 0.29) is 12.5 Å². The fourth-order valence-electron chi connectivity index (χ4n) is 2.86. The van der Waals surface area contributed by atoms with Crippen LogP contribution in [0.25, 0.3) is 6.08 Å². The van der Waals surface area contributed by atoms with Crippen LogP contribution in [0.3, 0.4) is 0 Å². The van der Waals surface area contributed by atoms with Crippen molar-refractivity contribution in [1.29, 1.82) is 0 Å². The molecule has 6 heteroatoms. The molecule has 0 spiro atoms. The maximum Gasteiger partial charge on any atom is 0.331 e. The molecule has 29 heavy (non-hydrogen) atoms. The molecule has 1 amide bonds. The second-order valence-electron chi connectivity index (χ2n) is 6.37. The zero-order valence-electron chi connectivity index (χ0n) is 16.3. The van der Waals surface area contributed by atoms with Crippen molar-refractivity contribution in [2.45, 2.75) is 13.5 Å². The minimum Gasteiger partial charge on any atom is -0.452 e. The van der Waals surface area contributed by atoms with E-state index in [0.29, 0.717) is 13.1 Å².